The maximum absolute atomic E-state index is 10.9. The lowest BCUT2D eigenvalue weighted by atomic mass is 10.8. The molecule has 1 N–H and O–H groups in total. The zero-order valence-corrected chi connectivity index (χ0v) is 6.64. The zero-order chi connectivity index (χ0) is 8.43. The van der Waals surface area contributed by atoms with Gasteiger partial charge in [0.25, 0.3) is 0 Å². The molecule has 1 radical (unpaired) electrons. The molecule has 0 amide bonds. The van der Waals surface area contributed by atoms with Gasteiger partial charge in [-0.15, -0.1) is 5.10 Å². The molecule has 0 unspecified atom stereocenters. The lowest BCUT2D eigenvalue weighted by molar-refractivity contribution is 0.647. The van der Waals surface area contributed by atoms with E-state index < -0.39 is 11.1 Å². The van der Waals surface area contributed by atoms with Gasteiger partial charge in [0, 0.05) is 13.3 Å². The minimum atomic E-state index is -0.717. The number of aromatic nitrogens is 3. The average molecular weight is 172 g/mol. The second kappa shape index (κ2) is 2.91. The van der Waals surface area contributed by atoms with Crippen LogP contribution in [0.2, 0.25) is 0 Å². The summed E-state index contributed by atoms with van der Waals surface area (Å²) in [5.74, 6) is 0. The quantitative estimate of drug-likeness (QED) is 0.451. The largest absolute Gasteiger partial charge is 0.330 e. The second-order valence-corrected chi connectivity index (χ2v) is 2.50. The Kier molecular flexibility index (Phi) is 2.13. The molecule has 59 valence electrons. The Morgan fingerprint density at radius 1 is 1.64 bits per heavy atom. The van der Waals surface area contributed by atoms with E-state index in [4.69, 9.17) is 0 Å². The van der Waals surface area contributed by atoms with Gasteiger partial charge >= 0.3 is 11.1 Å². The third-order valence-electron chi connectivity index (χ3n) is 1.17. The van der Waals surface area contributed by atoms with Crippen LogP contribution in [0.15, 0.2) is 14.7 Å². The molecule has 0 bridgehead atoms. The number of hydrogen-bond donors (Lipinski definition) is 1. The van der Waals surface area contributed by atoms with Crippen LogP contribution in [0.4, 0.5) is 0 Å². The van der Waals surface area contributed by atoms with Crippen LogP contribution >= 0.6 is 11.8 Å². The fourth-order valence-corrected chi connectivity index (χ4v) is 0.976. The SMILES string of the molecule is [CH2]Sc1n[nH]c(=O)c(=O)n1C. The maximum Gasteiger partial charge on any atom is 0.330 e. The number of aromatic amines is 1. The van der Waals surface area contributed by atoms with E-state index in [9.17, 15) is 9.59 Å². The Morgan fingerprint density at radius 3 is 2.82 bits per heavy atom. The average Bonchev–Trinajstić information content (AvgIpc) is 2.01. The number of rotatable bonds is 1. The number of nitrogens with one attached hydrogen (secondary N) is 1. The van der Waals surface area contributed by atoms with Crippen molar-refractivity contribution in [1.82, 2.24) is 14.8 Å². The van der Waals surface area contributed by atoms with E-state index in [0.29, 0.717) is 5.16 Å². The molecule has 0 fully saturated rings. The zero-order valence-electron chi connectivity index (χ0n) is 5.83. The lowest BCUT2D eigenvalue weighted by Gasteiger charge is -1.99. The van der Waals surface area contributed by atoms with Gasteiger partial charge in [-0.3, -0.25) is 14.2 Å². The van der Waals surface area contributed by atoms with E-state index in [-0.39, 0.29) is 0 Å². The molecule has 0 aliphatic heterocycles. The Bertz CT molecular complexity index is 367. The van der Waals surface area contributed by atoms with Crippen molar-refractivity contribution in [3.63, 3.8) is 0 Å². The molecule has 0 saturated heterocycles. The summed E-state index contributed by atoms with van der Waals surface area (Å²) in [6.45, 7) is 0. The van der Waals surface area contributed by atoms with Crippen molar-refractivity contribution in [1.29, 1.82) is 0 Å². The smallest absolute Gasteiger partial charge is 0.285 e. The molecule has 0 atom stereocenters. The van der Waals surface area contributed by atoms with Gasteiger partial charge in [-0.25, -0.2) is 5.10 Å². The molecule has 0 aliphatic carbocycles. The fraction of sp³-hybridized carbons (Fsp3) is 0.200. The maximum atomic E-state index is 10.9. The predicted molar refractivity (Wildman–Crippen MR) is 41.3 cm³/mol. The van der Waals surface area contributed by atoms with Gasteiger partial charge < -0.3 is 0 Å². The lowest BCUT2D eigenvalue weighted by Crippen LogP contribution is -2.36. The van der Waals surface area contributed by atoms with Gasteiger partial charge in [0.15, 0.2) is 5.16 Å². The Balaban J connectivity index is 3.50. The Hall–Kier alpha value is -1.04. The van der Waals surface area contributed by atoms with Gasteiger partial charge in [-0.2, -0.15) is 0 Å². The van der Waals surface area contributed by atoms with Crippen molar-refractivity contribution in [3.05, 3.63) is 27.0 Å². The molecule has 6 heteroatoms. The first kappa shape index (κ1) is 8.06. The van der Waals surface area contributed by atoms with Crippen LogP contribution in [0, 0.1) is 6.26 Å². The predicted octanol–water partition coefficient (Wildman–Crippen LogP) is -0.648. The highest BCUT2D eigenvalue weighted by Crippen LogP contribution is 2.06. The van der Waals surface area contributed by atoms with E-state index in [1.165, 1.54) is 7.05 Å². The Morgan fingerprint density at radius 2 is 2.27 bits per heavy atom. The summed E-state index contributed by atoms with van der Waals surface area (Å²) in [4.78, 5) is 21.5. The molecule has 1 aromatic heterocycles. The second-order valence-electron chi connectivity index (χ2n) is 1.84. The first-order valence-corrected chi connectivity index (χ1v) is 3.73. The summed E-state index contributed by atoms with van der Waals surface area (Å²) in [6, 6.07) is 0. The first-order chi connectivity index (χ1) is 5.16. The molecule has 0 saturated carbocycles. The van der Waals surface area contributed by atoms with Gasteiger partial charge in [-0.05, 0) is 0 Å². The molecule has 1 aromatic rings. The van der Waals surface area contributed by atoms with Crippen molar-refractivity contribution >= 4 is 11.8 Å². The fourth-order valence-electron chi connectivity index (χ4n) is 0.590. The molecule has 0 spiro atoms. The molecule has 0 aliphatic rings. The molecular formula is C5H6N3O2S. The summed E-state index contributed by atoms with van der Waals surface area (Å²) in [5.41, 5.74) is -1.34. The topological polar surface area (TPSA) is 67.8 Å². The van der Waals surface area contributed by atoms with Crippen molar-refractivity contribution in [3.8, 4) is 0 Å². The van der Waals surface area contributed by atoms with E-state index >= 15 is 0 Å². The highest BCUT2D eigenvalue weighted by atomic mass is 32.2. The van der Waals surface area contributed by atoms with Gasteiger partial charge in [-0.1, -0.05) is 11.8 Å². The number of hydrogen-bond acceptors (Lipinski definition) is 4. The monoisotopic (exact) mass is 172 g/mol. The van der Waals surface area contributed by atoms with E-state index in [1.54, 1.807) is 0 Å². The van der Waals surface area contributed by atoms with Gasteiger partial charge in [0.1, 0.15) is 0 Å². The highest BCUT2D eigenvalue weighted by molar-refractivity contribution is 8.00. The number of H-pyrrole nitrogens is 1. The molecule has 11 heavy (non-hydrogen) atoms. The summed E-state index contributed by atoms with van der Waals surface area (Å²) in [6.07, 6.45) is 3.46. The van der Waals surface area contributed by atoms with Crippen molar-refractivity contribution < 1.29 is 0 Å². The summed E-state index contributed by atoms with van der Waals surface area (Å²) in [5, 5.41) is 6.03. The van der Waals surface area contributed by atoms with E-state index in [1.807, 2.05) is 0 Å². The first-order valence-electron chi connectivity index (χ1n) is 2.74. The molecular weight excluding hydrogens is 166 g/mol. The minimum Gasteiger partial charge on any atom is -0.285 e. The van der Waals surface area contributed by atoms with Crippen LogP contribution in [-0.4, -0.2) is 14.8 Å². The Labute approximate surface area is 66.4 Å². The van der Waals surface area contributed by atoms with Gasteiger partial charge in [0.05, 0.1) is 0 Å². The molecule has 1 heterocycles. The van der Waals surface area contributed by atoms with Crippen molar-refractivity contribution in [2.24, 2.45) is 7.05 Å². The van der Waals surface area contributed by atoms with E-state index in [0.717, 1.165) is 16.3 Å². The molecule has 0 aromatic carbocycles. The highest BCUT2D eigenvalue weighted by Gasteiger charge is 2.01. The van der Waals surface area contributed by atoms with E-state index in [2.05, 4.69) is 16.5 Å². The molecule has 1 rings (SSSR count). The van der Waals surface area contributed by atoms with Crippen LogP contribution in [-0.2, 0) is 7.05 Å². The van der Waals surface area contributed by atoms with Crippen molar-refractivity contribution in [2.75, 3.05) is 0 Å². The summed E-state index contributed by atoms with van der Waals surface area (Å²) < 4.78 is 1.15. The molecule has 5 nitrogen and oxygen atoms in total. The van der Waals surface area contributed by atoms with Crippen molar-refractivity contribution in [2.45, 2.75) is 5.16 Å². The third-order valence-corrected chi connectivity index (χ3v) is 1.79. The van der Waals surface area contributed by atoms with Crippen LogP contribution < -0.4 is 11.1 Å². The minimum absolute atomic E-state index is 0.384. The normalized spacial score (nSPS) is 10.0. The van der Waals surface area contributed by atoms with Crippen LogP contribution in [0.25, 0.3) is 0 Å². The number of thioether (sulfide) groups is 1. The van der Waals surface area contributed by atoms with Crippen LogP contribution in [0.5, 0.6) is 0 Å². The standard InChI is InChI=1S/C5H6N3O2S/c1-8-4(10)3(9)6-7-5(8)11-2/h2H2,1H3,(H,6,9). The summed E-state index contributed by atoms with van der Waals surface area (Å²) in [7, 11) is 1.47. The van der Waals surface area contributed by atoms with Crippen LogP contribution in [0.3, 0.4) is 0 Å². The third kappa shape index (κ3) is 1.35. The van der Waals surface area contributed by atoms with Gasteiger partial charge in [0.2, 0.25) is 0 Å². The van der Waals surface area contributed by atoms with Crippen LogP contribution in [0.1, 0.15) is 0 Å². The summed E-state index contributed by atoms with van der Waals surface area (Å²) >= 11 is 1.05. The number of nitrogens with zero attached hydrogens (tertiary/aromatic N) is 2.